The number of nitrogens with zero attached hydrogens (tertiary/aromatic N) is 3. The van der Waals surface area contributed by atoms with Crippen LogP contribution in [-0.2, 0) is 19.4 Å². The Hall–Kier alpha value is -2.04. The summed E-state index contributed by atoms with van der Waals surface area (Å²) in [5.74, 6) is 1.68. The van der Waals surface area contributed by atoms with Crippen LogP contribution in [0.15, 0.2) is 24.4 Å². The lowest BCUT2D eigenvalue weighted by Crippen LogP contribution is -2.02. The fourth-order valence-electron chi connectivity index (χ4n) is 2.24. The number of hydrogen-bond donors (Lipinski definition) is 0. The average molecular weight is 317 g/mol. The van der Waals surface area contributed by atoms with Crippen molar-refractivity contribution in [1.29, 1.82) is 0 Å². The first-order valence-corrected chi connectivity index (χ1v) is 8.54. The molecule has 2 aromatic rings. The van der Waals surface area contributed by atoms with E-state index >= 15 is 0 Å². The van der Waals surface area contributed by atoms with Crippen molar-refractivity contribution < 1.29 is 9.47 Å². The van der Waals surface area contributed by atoms with Crippen LogP contribution in [0.3, 0.4) is 0 Å². The molecule has 5 nitrogen and oxygen atoms in total. The van der Waals surface area contributed by atoms with Crippen LogP contribution in [0.1, 0.15) is 44.9 Å². The van der Waals surface area contributed by atoms with Gasteiger partial charge in [-0.2, -0.15) is 0 Å². The van der Waals surface area contributed by atoms with Gasteiger partial charge in [-0.1, -0.05) is 25.1 Å². The second-order valence-electron chi connectivity index (χ2n) is 5.54. The van der Waals surface area contributed by atoms with Crippen LogP contribution in [-0.4, -0.2) is 28.2 Å². The van der Waals surface area contributed by atoms with Crippen molar-refractivity contribution in [2.45, 2.75) is 53.0 Å². The molecular formula is C18H27N3O2. The predicted molar refractivity (Wildman–Crippen MR) is 91.1 cm³/mol. The molecule has 1 aromatic heterocycles. The largest absolute Gasteiger partial charge is 0.490 e. The van der Waals surface area contributed by atoms with Gasteiger partial charge in [-0.25, -0.2) is 0 Å². The molecule has 5 heteroatoms. The smallest absolute Gasteiger partial charge is 0.161 e. The first-order valence-electron chi connectivity index (χ1n) is 8.54. The topological polar surface area (TPSA) is 49.2 Å². The van der Waals surface area contributed by atoms with Gasteiger partial charge in [0.15, 0.2) is 11.5 Å². The lowest BCUT2D eigenvalue weighted by Gasteiger charge is -2.13. The number of ether oxygens (including phenoxy) is 2. The molecule has 2 rings (SSSR count). The molecule has 0 atom stereocenters. The maximum absolute atomic E-state index is 5.84. The van der Waals surface area contributed by atoms with Crippen LogP contribution in [0.5, 0.6) is 11.5 Å². The van der Waals surface area contributed by atoms with Crippen molar-refractivity contribution in [3.63, 3.8) is 0 Å². The van der Waals surface area contributed by atoms with Crippen molar-refractivity contribution in [2.24, 2.45) is 0 Å². The van der Waals surface area contributed by atoms with E-state index in [-0.39, 0.29) is 0 Å². The minimum absolute atomic E-state index is 0.705. The summed E-state index contributed by atoms with van der Waals surface area (Å²) in [6, 6.07) is 6.21. The summed E-state index contributed by atoms with van der Waals surface area (Å²) in [6.45, 7) is 8.53. The van der Waals surface area contributed by atoms with Crippen molar-refractivity contribution in [2.75, 3.05) is 13.2 Å². The second-order valence-corrected chi connectivity index (χ2v) is 5.54. The van der Waals surface area contributed by atoms with Gasteiger partial charge in [0.2, 0.25) is 0 Å². The quantitative estimate of drug-likeness (QED) is 0.671. The van der Waals surface area contributed by atoms with Gasteiger partial charge in [0, 0.05) is 12.7 Å². The highest BCUT2D eigenvalue weighted by molar-refractivity contribution is 5.43. The zero-order valence-electron chi connectivity index (χ0n) is 14.4. The van der Waals surface area contributed by atoms with Crippen LogP contribution in [0, 0.1) is 0 Å². The third-order valence-corrected chi connectivity index (χ3v) is 3.51. The number of hydrogen-bond acceptors (Lipinski definition) is 4. The van der Waals surface area contributed by atoms with Crippen LogP contribution in [0.25, 0.3) is 0 Å². The fourth-order valence-corrected chi connectivity index (χ4v) is 2.24. The standard InChI is InChI=1S/C18H27N3O2/c1-4-11-22-17-10-8-15(13-18(17)23-12-5-2)7-9-16-14-21(6-3)20-19-16/h8,10,13-14H,4-7,9,11-12H2,1-3H3. The normalized spacial score (nSPS) is 10.7. The number of rotatable bonds is 10. The van der Waals surface area contributed by atoms with Crippen LogP contribution in [0.2, 0.25) is 0 Å². The molecule has 0 amide bonds. The second kappa shape index (κ2) is 9.18. The molecular weight excluding hydrogens is 290 g/mol. The van der Waals surface area contributed by atoms with E-state index in [1.54, 1.807) is 0 Å². The van der Waals surface area contributed by atoms with Gasteiger partial charge < -0.3 is 9.47 Å². The zero-order valence-corrected chi connectivity index (χ0v) is 14.4. The Kier molecular flexibility index (Phi) is 6.91. The minimum atomic E-state index is 0.705. The fraction of sp³-hybridized carbons (Fsp3) is 0.556. The average Bonchev–Trinajstić information content (AvgIpc) is 3.05. The first kappa shape index (κ1) is 17.3. The van der Waals surface area contributed by atoms with E-state index in [0.29, 0.717) is 13.2 Å². The van der Waals surface area contributed by atoms with Gasteiger partial charge >= 0.3 is 0 Å². The molecule has 0 aliphatic heterocycles. The molecule has 126 valence electrons. The SMILES string of the molecule is CCCOc1ccc(CCc2cn(CC)nn2)cc1OCCC. The summed E-state index contributed by atoms with van der Waals surface area (Å²) in [6.07, 6.45) is 5.77. The lowest BCUT2D eigenvalue weighted by atomic mass is 10.1. The Labute approximate surface area is 138 Å². The van der Waals surface area contributed by atoms with Crippen molar-refractivity contribution in [3.8, 4) is 11.5 Å². The van der Waals surface area contributed by atoms with Gasteiger partial charge in [-0.15, -0.1) is 5.10 Å². The van der Waals surface area contributed by atoms with E-state index in [2.05, 4.69) is 43.2 Å². The van der Waals surface area contributed by atoms with Crippen LogP contribution < -0.4 is 9.47 Å². The van der Waals surface area contributed by atoms with Crippen LogP contribution >= 0.6 is 0 Å². The van der Waals surface area contributed by atoms with E-state index < -0.39 is 0 Å². The van der Waals surface area contributed by atoms with Crippen LogP contribution in [0.4, 0.5) is 0 Å². The molecule has 0 spiro atoms. The highest BCUT2D eigenvalue weighted by Crippen LogP contribution is 2.29. The van der Waals surface area contributed by atoms with E-state index in [9.17, 15) is 0 Å². The summed E-state index contributed by atoms with van der Waals surface area (Å²) in [5, 5.41) is 8.26. The Morgan fingerprint density at radius 2 is 1.70 bits per heavy atom. The van der Waals surface area contributed by atoms with E-state index in [4.69, 9.17) is 9.47 Å². The number of aromatic nitrogens is 3. The summed E-state index contributed by atoms with van der Waals surface area (Å²) >= 11 is 0. The van der Waals surface area contributed by atoms with Gasteiger partial charge in [0.25, 0.3) is 0 Å². The highest BCUT2D eigenvalue weighted by Gasteiger charge is 2.08. The number of benzene rings is 1. The first-order chi connectivity index (χ1) is 11.3. The summed E-state index contributed by atoms with van der Waals surface area (Å²) < 4.78 is 13.5. The van der Waals surface area contributed by atoms with Gasteiger partial charge in [0.05, 0.1) is 18.9 Å². The lowest BCUT2D eigenvalue weighted by molar-refractivity contribution is 0.268. The van der Waals surface area contributed by atoms with Gasteiger partial charge in [-0.05, 0) is 50.3 Å². The van der Waals surface area contributed by atoms with Crippen molar-refractivity contribution >= 4 is 0 Å². The molecule has 0 aliphatic rings. The maximum atomic E-state index is 5.84. The molecule has 1 heterocycles. The van der Waals surface area contributed by atoms with Gasteiger partial charge in [0.1, 0.15) is 0 Å². The Balaban J connectivity index is 2.02. The zero-order chi connectivity index (χ0) is 16.5. The monoisotopic (exact) mass is 317 g/mol. The Bertz CT molecular complexity index is 596. The minimum Gasteiger partial charge on any atom is -0.490 e. The van der Waals surface area contributed by atoms with E-state index in [1.165, 1.54) is 5.56 Å². The van der Waals surface area contributed by atoms with E-state index in [0.717, 1.165) is 49.4 Å². The summed E-state index contributed by atoms with van der Waals surface area (Å²) in [5.41, 5.74) is 2.25. The molecule has 0 aliphatic carbocycles. The molecule has 0 N–H and O–H groups in total. The molecule has 0 saturated heterocycles. The Morgan fingerprint density at radius 3 is 2.35 bits per heavy atom. The molecule has 0 radical (unpaired) electrons. The molecule has 1 aromatic carbocycles. The molecule has 0 unspecified atom stereocenters. The van der Waals surface area contributed by atoms with E-state index in [1.807, 2.05) is 16.9 Å². The number of aryl methyl sites for hydroxylation is 3. The predicted octanol–water partition coefficient (Wildman–Crippen LogP) is 3.66. The molecule has 23 heavy (non-hydrogen) atoms. The maximum Gasteiger partial charge on any atom is 0.161 e. The third kappa shape index (κ3) is 5.27. The molecule has 0 bridgehead atoms. The summed E-state index contributed by atoms with van der Waals surface area (Å²) in [7, 11) is 0. The highest BCUT2D eigenvalue weighted by atomic mass is 16.5. The van der Waals surface area contributed by atoms with Crippen molar-refractivity contribution in [3.05, 3.63) is 35.7 Å². The van der Waals surface area contributed by atoms with Gasteiger partial charge in [-0.3, -0.25) is 4.68 Å². The summed E-state index contributed by atoms with van der Waals surface area (Å²) in [4.78, 5) is 0. The van der Waals surface area contributed by atoms with Crippen molar-refractivity contribution in [1.82, 2.24) is 15.0 Å². The molecule has 0 saturated carbocycles. The Morgan fingerprint density at radius 1 is 0.957 bits per heavy atom. The third-order valence-electron chi connectivity index (χ3n) is 3.51. The molecule has 0 fully saturated rings.